The molecule has 1 rings (SSSR count). The minimum Gasteiger partial charge on any atom is -0.381 e. The Hall–Kier alpha value is -0.0800. The van der Waals surface area contributed by atoms with Gasteiger partial charge in [0.1, 0.15) is 0 Å². The van der Waals surface area contributed by atoms with Crippen molar-refractivity contribution < 1.29 is 4.74 Å². The summed E-state index contributed by atoms with van der Waals surface area (Å²) in [5.74, 6) is 0. The van der Waals surface area contributed by atoms with Crippen molar-refractivity contribution in [2.45, 2.75) is 25.0 Å². The van der Waals surface area contributed by atoms with E-state index in [1.165, 1.54) is 12.8 Å². The van der Waals surface area contributed by atoms with Crippen LogP contribution < -0.4 is 0 Å². The molecule has 1 aliphatic rings. The predicted octanol–water partition coefficient (Wildman–Crippen LogP) is 0.725. The second kappa shape index (κ2) is 2.67. The molecule has 0 radical (unpaired) electrons. The molecule has 0 atom stereocenters. The molecule has 0 aliphatic heterocycles. The zero-order valence-corrected chi connectivity index (χ0v) is 6.42. The van der Waals surface area contributed by atoms with Crippen LogP contribution in [-0.4, -0.2) is 38.3 Å². The maximum absolute atomic E-state index is 5.14. The highest BCUT2D eigenvalue weighted by Gasteiger charge is 2.29. The molecule has 1 saturated carbocycles. The number of hydrogen-bond acceptors (Lipinski definition) is 2. The van der Waals surface area contributed by atoms with Crippen molar-refractivity contribution in [2.75, 3.05) is 21.2 Å². The fraction of sp³-hybridized carbons (Fsp3) is 1.00. The highest BCUT2D eigenvalue weighted by molar-refractivity contribution is 4.85. The Kier molecular flexibility index (Phi) is 2.09. The summed E-state index contributed by atoms with van der Waals surface area (Å²) in [6.45, 7) is 0. The molecule has 0 amide bonds. The van der Waals surface area contributed by atoms with Crippen LogP contribution in [0.2, 0.25) is 0 Å². The molecule has 0 unspecified atom stereocenters. The zero-order valence-electron chi connectivity index (χ0n) is 6.42. The third-order valence-electron chi connectivity index (χ3n) is 2.13. The maximum atomic E-state index is 5.14. The number of methoxy groups -OCH3 is 1. The lowest BCUT2D eigenvalue weighted by atomic mass is 9.88. The minimum atomic E-state index is 0.539. The fourth-order valence-electron chi connectivity index (χ4n) is 1.15. The molecule has 54 valence electrons. The number of rotatable bonds is 2. The second-order valence-corrected chi connectivity index (χ2v) is 2.95. The van der Waals surface area contributed by atoms with Gasteiger partial charge in [0.2, 0.25) is 0 Å². The molecule has 9 heavy (non-hydrogen) atoms. The van der Waals surface area contributed by atoms with E-state index >= 15 is 0 Å². The smallest absolute Gasteiger partial charge is 0.0601 e. The van der Waals surface area contributed by atoms with Crippen LogP contribution in [-0.2, 0) is 4.74 Å². The highest BCUT2D eigenvalue weighted by atomic mass is 16.5. The summed E-state index contributed by atoms with van der Waals surface area (Å²) in [4.78, 5) is 2.26. The van der Waals surface area contributed by atoms with Crippen molar-refractivity contribution in [3.05, 3.63) is 0 Å². The van der Waals surface area contributed by atoms with Gasteiger partial charge in [-0.1, -0.05) is 0 Å². The average Bonchev–Trinajstić information content (AvgIpc) is 1.61. The minimum absolute atomic E-state index is 0.539. The summed E-state index contributed by atoms with van der Waals surface area (Å²) in [7, 11) is 6.03. The van der Waals surface area contributed by atoms with Crippen LogP contribution in [0.25, 0.3) is 0 Å². The molecule has 0 aromatic carbocycles. The van der Waals surface area contributed by atoms with Gasteiger partial charge in [-0.05, 0) is 26.9 Å². The van der Waals surface area contributed by atoms with Gasteiger partial charge >= 0.3 is 0 Å². The van der Waals surface area contributed by atoms with Crippen molar-refractivity contribution in [1.29, 1.82) is 0 Å². The second-order valence-electron chi connectivity index (χ2n) is 2.95. The monoisotopic (exact) mass is 129 g/mol. The molecule has 0 N–H and O–H groups in total. The van der Waals surface area contributed by atoms with Crippen LogP contribution in [0.3, 0.4) is 0 Å². The molecule has 0 spiro atoms. The van der Waals surface area contributed by atoms with Crippen molar-refractivity contribution in [2.24, 2.45) is 0 Å². The molecular weight excluding hydrogens is 114 g/mol. The first-order valence-electron chi connectivity index (χ1n) is 3.43. The van der Waals surface area contributed by atoms with Crippen LogP contribution in [0.1, 0.15) is 12.8 Å². The van der Waals surface area contributed by atoms with Crippen molar-refractivity contribution >= 4 is 0 Å². The first kappa shape index (κ1) is 7.03. The van der Waals surface area contributed by atoms with Crippen LogP contribution in [0.4, 0.5) is 0 Å². The lowest BCUT2D eigenvalue weighted by Crippen LogP contribution is -2.44. The summed E-state index contributed by atoms with van der Waals surface area (Å²) in [5, 5.41) is 0. The largest absolute Gasteiger partial charge is 0.381 e. The fourth-order valence-corrected chi connectivity index (χ4v) is 1.15. The van der Waals surface area contributed by atoms with Gasteiger partial charge in [-0.3, -0.25) is 0 Å². The topological polar surface area (TPSA) is 12.5 Å². The zero-order chi connectivity index (χ0) is 6.85. The van der Waals surface area contributed by atoms with E-state index in [2.05, 4.69) is 19.0 Å². The SMILES string of the molecule is COC1CC(N(C)C)C1. The average molecular weight is 129 g/mol. The maximum Gasteiger partial charge on any atom is 0.0601 e. The van der Waals surface area contributed by atoms with E-state index in [0.717, 1.165) is 6.04 Å². The molecule has 2 heteroatoms. The molecular formula is C7H15NO. The summed E-state index contributed by atoms with van der Waals surface area (Å²) in [5.41, 5.74) is 0. The highest BCUT2D eigenvalue weighted by Crippen LogP contribution is 2.25. The van der Waals surface area contributed by atoms with Crippen molar-refractivity contribution in [3.8, 4) is 0 Å². The Morgan fingerprint density at radius 2 is 1.89 bits per heavy atom. The Balaban J connectivity index is 2.12. The third-order valence-corrected chi connectivity index (χ3v) is 2.13. The van der Waals surface area contributed by atoms with Gasteiger partial charge in [0.25, 0.3) is 0 Å². The van der Waals surface area contributed by atoms with Gasteiger partial charge in [-0.15, -0.1) is 0 Å². The predicted molar refractivity (Wildman–Crippen MR) is 37.5 cm³/mol. The van der Waals surface area contributed by atoms with Crippen molar-refractivity contribution in [3.63, 3.8) is 0 Å². The van der Waals surface area contributed by atoms with Gasteiger partial charge in [0.05, 0.1) is 6.10 Å². The van der Waals surface area contributed by atoms with E-state index in [9.17, 15) is 0 Å². The molecule has 0 heterocycles. The first-order valence-corrected chi connectivity index (χ1v) is 3.43. The summed E-state index contributed by atoms with van der Waals surface area (Å²) in [6.07, 6.45) is 2.96. The summed E-state index contributed by atoms with van der Waals surface area (Å²) >= 11 is 0. The Labute approximate surface area is 56.8 Å². The molecule has 0 saturated heterocycles. The third kappa shape index (κ3) is 1.43. The van der Waals surface area contributed by atoms with Gasteiger partial charge in [-0.25, -0.2) is 0 Å². The molecule has 0 aromatic rings. The number of nitrogens with zero attached hydrogens (tertiary/aromatic N) is 1. The Bertz CT molecular complexity index is 86.9. The lowest BCUT2D eigenvalue weighted by molar-refractivity contribution is -0.0125. The van der Waals surface area contributed by atoms with Crippen LogP contribution in [0, 0.1) is 0 Å². The standard InChI is InChI=1S/C7H15NO/c1-8(2)6-4-7(5-6)9-3/h6-7H,4-5H2,1-3H3. The van der Waals surface area contributed by atoms with E-state index < -0.39 is 0 Å². The lowest BCUT2D eigenvalue weighted by Gasteiger charge is -2.38. The Morgan fingerprint density at radius 3 is 2.22 bits per heavy atom. The van der Waals surface area contributed by atoms with Gasteiger partial charge < -0.3 is 9.64 Å². The van der Waals surface area contributed by atoms with E-state index in [0.29, 0.717) is 6.10 Å². The normalized spacial score (nSPS) is 34.7. The van der Waals surface area contributed by atoms with E-state index in [1.807, 2.05) is 0 Å². The summed E-state index contributed by atoms with van der Waals surface area (Å²) in [6, 6.07) is 0.773. The molecule has 0 bridgehead atoms. The molecule has 0 aromatic heterocycles. The number of hydrogen-bond donors (Lipinski definition) is 0. The van der Waals surface area contributed by atoms with E-state index in [1.54, 1.807) is 7.11 Å². The van der Waals surface area contributed by atoms with E-state index in [4.69, 9.17) is 4.74 Å². The molecule has 1 aliphatic carbocycles. The quantitative estimate of drug-likeness (QED) is 0.545. The van der Waals surface area contributed by atoms with Crippen molar-refractivity contribution in [1.82, 2.24) is 4.90 Å². The molecule has 2 nitrogen and oxygen atoms in total. The van der Waals surface area contributed by atoms with E-state index in [-0.39, 0.29) is 0 Å². The summed E-state index contributed by atoms with van der Waals surface area (Å²) < 4.78 is 5.14. The first-order chi connectivity index (χ1) is 4.24. The van der Waals surface area contributed by atoms with Crippen LogP contribution in [0.15, 0.2) is 0 Å². The molecule has 1 fully saturated rings. The van der Waals surface area contributed by atoms with Crippen LogP contribution in [0.5, 0.6) is 0 Å². The number of ether oxygens (including phenoxy) is 1. The van der Waals surface area contributed by atoms with Gasteiger partial charge in [-0.2, -0.15) is 0 Å². The van der Waals surface area contributed by atoms with Crippen LogP contribution >= 0.6 is 0 Å². The Morgan fingerprint density at radius 1 is 1.33 bits per heavy atom. The van der Waals surface area contributed by atoms with Gasteiger partial charge in [0, 0.05) is 13.2 Å². The van der Waals surface area contributed by atoms with Gasteiger partial charge in [0.15, 0.2) is 0 Å².